The highest BCUT2D eigenvalue weighted by Gasteiger charge is 2.27. The highest BCUT2D eigenvalue weighted by Crippen LogP contribution is 2.02. The molecule has 0 radical (unpaired) electrons. The van der Waals surface area contributed by atoms with Gasteiger partial charge in [-0.1, -0.05) is 0 Å². The number of carbonyl (C=O) groups is 2. The summed E-state index contributed by atoms with van der Waals surface area (Å²) in [7, 11) is 1.30. The first-order chi connectivity index (χ1) is 6.15. The third kappa shape index (κ3) is 2.42. The number of rotatable bonds is 3. The Bertz CT molecular complexity index is 213. The Morgan fingerprint density at radius 2 is 2.15 bits per heavy atom. The second-order valence-corrected chi connectivity index (χ2v) is 3.11. The molecule has 0 aromatic heterocycles. The van der Waals surface area contributed by atoms with Crippen LogP contribution in [0, 0.1) is 5.92 Å². The fourth-order valence-electron chi connectivity index (χ4n) is 1.04. The van der Waals surface area contributed by atoms with E-state index in [1.165, 1.54) is 7.11 Å². The normalized spacial score (nSPS) is 18.6. The molecule has 5 heteroatoms. The number of hydrogen-bond acceptors (Lipinski definition) is 4. The van der Waals surface area contributed by atoms with Gasteiger partial charge in [-0.15, -0.1) is 0 Å². The zero-order chi connectivity index (χ0) is 9.84. The summed E-state index contributed by atoms with van der Waals surface area (Å²) in [6.07, 6.45) is 0. The van der Waals surface area contributed by atoms with Gasteiger partial charge in [-0.3, -0.25) is 4.79 Å². The van der Waals surface area contributed by atoms with Crippen molar-refractivity contribution in [3.8, 4) is 0 Å². The predicted molar refractivity (Wildman–Crippen MR) is 46.0 cm³/mol. The Balaban J connectivity index is 2.30. The summed E-state index contributed by atoms with van der Waals surface area (Å²) < 4.78 is 4.47. The average molecular weight is 186 g/mol. The van der Waals surface area contributed by atoms with E-state index < -0.39 is 12.0 Å². The van der Waals surface area contributed by atoms with Gasteiger partial charge in [0.05, 0.1) is 13.0 Å². The van der Waals surface area contributed by atoms with Crippen molar-refractivity contribution in [2.45, 2.75) is 13.0 Å². The summed E-state index contributed by atoms with van der Waals surface area (Å²) in [4.78, 5) is 22.2. The van der Waals surface area contributed by atoms with Gasteiger partial charge in [0.25, 0.3) is 0 Å². The van der Waals surface area contributed by atoms with Gasteiger partial charge in [-0.25, -0.2) is 4.79 Å². The van der Waals surface area contributed by atoms with Gasteiger partial charge in [0, 0.05) is 13.1 Å². The van der Waals surface area contributed by atoms with E-state index in [0.717, 1.165) is 0 Å². The smallest absolute Gasteiger partial charge is 0.328 e. The lowest BCUT2D eigenvalue weighted by Crippen LogP contribution is -2.53. The number of nitrogens with one attached hydrogen (secondary N) is 2. The molecule has 0 unspecified atom stereocenters. The Morgan fingerprint density at radius 3 is 2.54 bits per heavy atom. The largest absolute Gasteiger partial charge is 0.467 e. The van der Waals surface area contributed by atoms with Gasteiger partial charge in [0.1, 0.15) is 6.04 Å². The summed E-state index contributed by atoms with van der Waals surface area (Å²) in [5.41, 5.74) is 0. The molecule has 74 valence electrons. The molecule has 1 amide bonds. The van der Waals surface area contributed by atoms with Crippen molar-refractivity contribution in [2.75, 3.05) is 20.2 Å². The summed E-state index contributed by atoms with van der Waals surface area (Å²) >= 11 is 0. The van der Waals surface area contributed by atoms with Crippen molar-refractivity contribution in [1.29, 1.82) is 0 Å². The molecule has 1 fully saturated rings. The van der Waals surface area contributed by atoms with Crippen LogP contribution in [0.5, 0.6) is 0 Å². The first-order valence-electron chi connectivity index (χ1n) is 4.24. The standard InChI is InChI=1S/C8H14N2O3/c1-5(8(12)13-2)10-7(11)6-3-9-4-6/h5-6,9H,3-4H2,1-2H3,(H,10,11)/t5-/m0/s1. The molecule has 1 heterocycles. The molecule has 5 nitrogen and oxygen atoms in total. The molecule has 1 rings (SSSR count). The van der Waals surface area contributed by atoms with Crippen molar-refractivity contribution in [3.05, 3.63) is 0 Å². The lowest BCUT2D eigenvalue weighted by molar-refractivity contribution is -0.145. The number of carbonyl (C=O) groups excluding carboxylic acids is 2. The van der Waals surface area contributed by atoms with E-state index in [1.54, 1.807) is 6.92 Å². The number of amides is 1. The summed E-state index contributed by atoms with van der Waals surface area (Å²) in [5, 5.41) is 5.56. The first-order valence-corrected chi connectivity index (χ1v) is 4.24. The van der Waals surface area contributed by atoms with Crippen LogP contribution in [0.15, 0.2) is 0 Å². The van der Waals surface area contributed by atoms with Crippen LogP contribution in [0.3, 0.4) is 0 Å². The maximum atomic E-state index is 11.3. The molecule has 1 saturated heterocycles. The SMILES string of the molecule is COC(=O)[C@H](C)NC(=O)C1CNC1. The molecule has 2 N–H and O–H groups in total. The Kier molecular flexibility index (Phi) is 3.25. The second kappa shape index (κ2) is 4.23. The highest BCUT2D eigenvalue weighted by atomic mass is 16.5. The average Bonchev–Trinajstić information content (AvgIpc) is 1.99. The van der Waals surface area contributed by atoms with E-state index in [0.29, 0.717) is 13.1 Å². The predicted octanol–water partition coefficient (Wildman–Crippen LogP) is -1.12. The van der Waals surface area contributed by atoms with E-state index in [1.807, 2.05) is 0 Å². The van der Waals surface area contributed by atoms with E-state index in [2.05, 4.69) is 15.4 Å². The molecule has 0 aliphatic carbocycles. The second-order valence-electron chi connectivity index (χ2n) is 3.11. The van der Waals surface area contributed by atoms with Crippen LogP contribution in [0.4, 0.5) is 0 Å². The van der Waals surface area contributed by atoms with E-state index in [-0.39, 0.29) is 11.8 Å². The van der Waals surface area contributed by atoms with Gasteiger partial charge < -0.3 is 15.4 Å². The lowest BCUT2D eigenvalue weighted by atomic mass is 10.0. The topological polar surface area (TPSA) is 67.4 Å². The van der Waals surface area contributed by atoms with Crippen LogP contribution in [-0.4, -0.2) is 38.1 Å². The van der Waals surface area contributed by atoms with Crippen LogP contribution < -0.4 is 10.6 Å². The molecule has 13 heavy (non-hydrogen) atoms. The molecule has 0 bridgehead atoms. The highest BCUT2D eigenvalue weighted by molar-refractivity contribution is 5.86. The Morgan fingerprint density at radius 1 is 1.54 bits per heavy atom. The molecule has 0 spiro atoms. The maximum absolute atomic E-state index is 11.3. The number of methoxy groups -OCH3 is 1. The minimum absolute atomic E-state index is 0.00658. The first kappa shape index (κ1) is 9.98. The summed E-state index contributed by atoms with van der Waals surface area (Å²) in [6, 6.07) is -0.557. The molecule has 1 aliphatic heterocycles. The van der Waals surface area contributed by atoms with Crippen LogP contribution in [-0.2, 0) is 14.3 Å². The third-order valence-corrected chi connectivity index (χ3v) is 2.07. The van der Waals surface area contributed by atoms with Crippen molar-refractivity contribution in [2.24, 2.45) is 5.92 Å². The van der Waals surface area contributed by atoms with Crippen LogP contribution in [0.1, 0.15) is 6.92 Å². The quantitative estimate of drug-likeness (QED) is 0.548. The Labute approximate surface area is 76.8 Å². The molecule has 1 aliphatic rings. The van der Waals surface area contributed by atoms with Crippen molar-refractivity contribution >= 4 is 11.9 Å². The van der Waals surface area contributed by atoms with E-state index in [4.69, 9.17) is 0 Å². The van der Waals surface area contributed by atoms with Gasteiger partial charge in [-0.2, -0.15) is 0 Å². The fraction of sp³-hybridized carbons (Fsp3) is 0.750. The van der Waals surface area contributed by atoms with Gasteiger partial charge in [0.2, 0.25) is 5.91 Å². The Hall–Kier alpha value is -1.10. The lowest BCUT2D eigenvalue weighted by Gasteiger charge is -2.26. The van der Waals surface area contributed by atoms with Crippen LogP contribution in [0.2, 0.25) is 0 Å². The monoisotopic (exact) mass is 186 g/mol. The molecular formula is C8H14N2O3. The van der Waals surface area contributed by atoms with Crippen molar-refractivity contribution < 1.29 is 14.3 Å². The fourth-order valence-corrected chi connectivity index (χ4v) is 1.04. The molecule has 0 saturated carbocycles. The van der Waals surface area contributed by atoms with Gasteiger partial charge in [0.15, 0.2) is 0 Å². The van der Waals surface area contributed by atoms with Gasteiger partial charge in [-0.05, 0) is 6.92 Å². The third-order valence-electron chi connectivity index (χ3n) is 2.07. The molecular weight excluding hydrogens is 172 g/mol. The number of ether oxygens (including phenoxy) is 1. The van der Waals surface area contributed by atoms with Gasteiger partial charge >= 0.3 is 5.97 Å². The minimum atomic E-state index is -0.557. The zero-order valence-corrected chi connectivity index (χ0v) is 7.79. The summed E-state index contributed by atoms with van der Waals surface area (Å²) in [6.45, 7) is 3.00. The maximum Gasteiger partial charge on any atom is 0.328 e. The molecule has 1 atom stereocenters. The molecule has 0 aromatic carbocycles. The van der Waals surface area contributed by atoms with Crippen molar-refractivity contribution in [1.82, 2.24) is 10.6 Å². The zero-order valence-electron chi connectivity index (χ0n) is 7.79. The van der Waals surface area contributed by atoms with E-state index in [9.17, 15) is 9.59 Å². The number of esters is 1. The summed E-state index contributed by atoms with van der Waals surface area (Å²) in [5.74, 6) is -0.496. The molecule has 0 aromatic rings. The number of hydrogen-bond donors (Lipinski definition) is 2. The van der Waals surface area contributed by atoms with E-state index >= 15 is 0 Å². The minimum Gasteiger partial charge on any atom is -0.467 e. The van der Waals surface area contributed by atoms with Crippen molar-refractivity contribution in [3.63, 3.8) is 0 Å². The van der Waals surface area contributed by atoms with Crippen LogP contribution in [0.25, 0.3) is 0 Å². The van der Waals surface area contributed by atoms with Crippen LogP contribution >= 0.6 is 0 Å².